The van der Waals surface area contributed by atoms with Crippen LogP contribution in [0.15, 0.2) is 110 Å². The van der Waals surface area contributed by atoms with Gasteiger partial charge in [0.05, 0.1) is 114 Å². The maximum absolute atomic E-state index is 12.1. The van der Waals surface area contributed by atoms with E-state index < -0.39 is 40.1 Å². The Labute approximate surface area is 477 Å². The van der Waals surface area contributed by atoms with Crippen molar-refractivity contribution in [2.45, 2.75) is 57.8 Å². The van der Waals surface area contributed by atoms with Crippen molar-refractivity contribution in [2.75, 3.05) is 49.8 Å². The highest BCUT2D eigenvalue weighted by Gasteiger charge is 2.29. The molecule has 0 aliphatic rings. The van der Waals surface area contributed by atoms with Gasteiger partial charge in [0.1, 0.15) is 68.1 Å². The van der Waals surface area contributed by atoms with Crippen LogP contribution in [0.4, 0.5) is 0 Å². The molecule has 3 aromatic carbocycles. The first-order valence-electron chi connectivity index (χ1n) is 25.3. The van der Waals surface area contributed by atoms with Gasteiger partial charge in [0, 0.05) is 35.3 Å². The molecule has 428 valence electrons. The molecule has 0 bridgehead atoms. The van der Waals surface area contributed by atoms with Crippen LogP contribution in [0, 0.1) is 22.7 Å². The number of carboxylic acids is 2. The molecule has 6 aromatic heterocycles. The highest BCUT2D eigenvalue weighted by molar-refractivity contribution is 5.98. The number of nitrogens with two attached hydrogens (primary N) is 1. The minimum atomic E-state index is -1.14. The first kappa shape index (κ1) is 60.0. The number of amides is 1. The number of ether oxygens (including phenoxy) is 7. The lowest BCUT2D eigenvalue weighted by molar-refractivity contribution is -0.122. The molecule has 22 nitrogen and oxygen atoms in total. The van der Waals surface area contributed by atoms with Gasteiger partial charge in [-0.2, -0.15) is 10.5 Å². The molecule has 83 heavy (non-hydrogen) atoms. The molecule has 0 aliphatic carbocycles. The summed E-state index contributed by atoms with van der Waals surface area (Å²) in [6.07, 6.45) is 10.6. The lowest BCUT2D eigenvalue weighted by atomic mass is 9.84. The molecule has 1 amide bonds. The average Bonchev–Trinajstić information content (AvgIpc) is 4.31. The van der Waals surface area contributed by atoms with Crippen molar-refractivity contribution in [3.63, 3.8) is 0 Å². The van der Waals surface area contributed by atoms with Crippen LogP contribution >= 0.6 is 0 Å². The van der Waals surface area contributed by atoms with Gasteiger partial charge in [-0.05, 0) is 131 Å². The van der Waals surface area contributed by atoms with Crippen molar-refractivity contribution < 1.29 is 62.5 Å². The normalized spacial score (nSPS) is 11.3. The van der Waals surface area contributed by atoms with Gasteiger partial charge in [0.2, 0.25) is 5.91 Å². The molecule has 0 saturated carbocycles. The fourth-order valence-electron chi connectivity index (χ4n) is 8.92. The Bertz CT molecular complexity index is 4010. The summed E-state index contributed by atoms with van der Waals surface area (Å²) < 4.78 is 42.2. The third-order valence-electron chi connectivity index (χ3n) is 14.1. The number of methoxy groups -OCH3 is 7. The van der Waals surface area contributed by atoms with Gasteiger partial charge in [-0.15, -0.1) is 0 Å². The van der Waals surface area contributed by atoms with Crippen LogP contribution in [0.5, 0.6) is 34.5 Å². The summed E-state index contributed by atoms with van der Waals surface area (Å²) in [6, 6.07) is 25.7. The second-order valence-corrected chi connectivity index (χ2v) is 20.2. The van der Waals surface area contributed by atoms with E-state index >= 15 is 0 Å². The van der Waals surface area contributed by atoms with Gasteiger partial charge in [-0.3, -0.25) is 18.0 Å². The summed E-state index contributed by atoms with van der Waals surface area (Å²) in [6.45, 7) is 10.9. The number of fused-ring (bicyclic) bond motifs is 3. The zero-order valence-electron chi connectivity index (χ0n) is 47.9. The van der Waals surface area contributed by atoms with Crippen molar-refractivity contribution in [2.24, 2.45) is 5.73 Å². The first-order valence-corrected chi connectivity index (χ1v) is 25.3. The number of carbonyl (C=O) groups is 4. The molecule has 4 N–H and O–H groups in total. The number of primary amides is 1. The lowest BCUT2D eigenvalue weighted by Gasteiger charge is -2.21. The third-order valence-corrected chi connectivity index (χ3v) is 14.1. The van der Waals surface area contributed by atoms with Crippen molar-refractivity contribution in [1.82, 2.24) is 28.2 Å². The number of carboxylic acid groups (broad SMARTS) is 2. The summed E-state index contributed by atoms with van der Waals surface area (Å²) in [7, 11) is 9.90. The molecule has 22 heteroatoms. The second-order valence-electron chi connectivity index (χ2n) is 20.2. The second kappa shape index (κ2) is 24.0. The molecule has 0 radical (unpaired) electrons. The van der Waals surface area contributed by atoms with Gasteiger partial charge >= 0.3 is 17.9 Å². The standard InChI is InChI=1S/C21H21N3O4.C20H21N3O5.C20H19N3O4/c1-21(2,12-22)14-6-7-24-15(11-23-18(24)10-14)13-8-16(26-3)19(20(25)28-5)17(9-13)27-4;1-20(2,19(21)26)12-5-6-23-13(10-22-16(23)9-12)11-7-14(27-3)17(18(24)25)15(8-11)28-4;1-20(2,11-21)13-5-6-23-14(10-22-17(23)9-13)12-7-15(26-3)18(19(24)25)16(8-12)27-4/h6-11H,1-5H3;5-10H,1-4H3,(H2,21,26)(H,24,25);5-10H,1-4H3,(H,24,25). The molecule has 0 atom stereocenters. The van der Waals surface area contributed by atoms with Gasteiger partial charge in [0.15, 0.2) is 0 Å². The summed E-state index contributed by atoms with van der Waals surface area (Å²) in [5.74, 6) is -1.77. The van der Waals surface area contributed by atoms with E-state index in [1.54, 1.807) is 81.1 Å². The minimum absolute atomic E-state index is 0.0318. The number of esters is 1. The number of nitrogens with zero attached hydrogens (tertiary/aromatic N) is 8. The highest BCUT2D eigenvalue weighted by Crippen LogP contribution is 2.39. The van der Waals surface area contributed by atoms with Crippen molar-refractivity contribution >= 4 is 40.8 Å². The van der Waals surface area contributed by atoms with Crippen molar-refractivity contribution in [3.05, 3.63) is 143 Å². The van der Waals surface area contributed by atoms with Crippen LogP contribution in [0.2, 0.25) is 0 Å². The van der Waals surface area contributed by atoms with E-state index in [-0.39, 0.29) is 39.7 Å². The average molecular weight is 1130 g/mol. The third kappa shape index (κ3) is 11.7. The fraction of sp³-hybridized carbons (Fsp3) is 0.262. The number of imidazole rings is 3. The quantitative estimate of drug-likeness (QED) is 0.0758. The molecular formula is C61H61N9O13. The van der Waals surface area contributed by atoms with E-state index in [4.69, 9.17) is 38.9 Å². The van der Waals surface area contributed by atoms with Crippen LogP contribution in [0.3, 0.4) is 0 Å². The lowest BCUT2D eigenvalue weighted by Crippen LogP contribution is -2.35. The van der Waals surface area contributed by atoms with E-state index in [2.05, 4.69) is 27.1 Å². The van der Waals surface area contributed by atoms with Crippen LogP contribution in [-0.4, -0.2) is 112 Å². The molecule has 0 aliphatic heterocycles. The Morgan fingerprint density at radius 3 is 1.00 bits per heavy atom. The molecule has 0 saturated heterocycles. The van der Waals surface area contributed by atoms with Crippen molar-refractivity contribution in [3.8, 4) is 80.4 Å². The van der Waals surface area contributed by atoms with Crippen LogP contribution < -0.4 is 34.2 Å². The van der Waals surface area contributed by atoms with E-state index in [0.29, 0.717) is 45.3 Å². The number of pyridine rings is 3. The number of hydrogen-bond acceptors (Lipinski definition) is 16. The Kier molecular flexibility index (Phi) is 17.4. The molecule has 0 fully saturated rings. The number of carbonyl (C=O) groups excluding carboxylic acids is 2. The fourth-order valence-corrected chi connectivity index (χ4v) is 8.92. The smallest absolute Gasteiger partial charge is 0.345 e. The maximum Gasteiger partial charge on any atom is 0.345 e. The summed E-state index contributed by atoms with van der Waals surface area (Å²) >= 11 is 0. The number of hydrogen-bond donors (Lipinski definition) is 3. The van der Waals surface area contributed by atoms with Gasteiger partial charge in [-0.25, -0.2) is 29.3 Å². The SMILES string of the molecule is COC(=O)c1c(OC)cc(-c2cnc3cc(C(C)(C)C#N)ccn23)cc1OC.COc1cc(-c2cnc3cc(C(C)(C)C#N)ccn23)cc(OC)c1C(=O)O.COc1cc(-c2cnc3cc(C(C)(C)C(N)=O)ccn23)cc(OC)c1C(=O)O. The maximum atomic E-state index is 12.1. The molecular weight excluding hydrogens is 1070 g/mol. The van der Waals surface area contributed by atoms with E-state index in [1.807, 2.05) is 83.6 Å². The molecule has 0 spiro atoms. The Morgan fingerprint density at radius 1 is 0.470 bits per heavy atom. The van der Waals surface area contributed by atoms with Crippen LogP contribution in [-0.2, 0) is 25.8 Å². The Hall–Kier alpha value is -10.6. The topological polar surface area (TPSA) is 299 Å². The number of aromatic nitrogens is 6. The Morgan fingerprint density at radius 2 is 0.747 bits per heavy atom. The summed E-state index contributed by atoms with van der Waals surface area (Å²) in [5.41, 5.74) is 12.5. The predicted molar refractivity (Wildman–Crippen MR) is 306 cm³/mol. The first-order chi connectivity index (χ1) is 39.4. The van der Waals surface area contributed by atoms with Gasteiger partial charge in [0.25, 0.3) is 0 Å². The molecule has 9 rings (SSSR count). The molecule has 0 unspecified atom stereocenters. The van der Waals surface area contributed by atoms with Gasteiger partial charge < -0.3 is 49.1 Å². The van der Waals surface area contributed by atoms with Gasteiger partial charge in [-0.1, -0.05) is 0 Å². The number of nitriles is 2. The number of aromatic carboxylic acids is 2. The number of rotatable bonds is 16. The number of benzene rings is 3. The van der Waals surface area contributed by atoms with Crippen molar-refractivity contribution in [1.29, 1.82) is 10.5 Å². The van der Waals surface area contributed by atoms with Crippen LogP contribution in [0.25, 0.3) is 50.7 Å². The minimum Gasteiger partial charge on any atom is -0.496 e. The van der Waals surface area contributed by atoms with E-state index in [9.17, 15) is 39.9 Å². The molecule has 6 heterocycles. The molecule has 9 aromatic rings. The monoisotopic (exact) mass is 1130 g/mol. The van der Waals surface area contributed by atoms with E-state index in [0.717, 1.165) is 33.6 Å². The van der Waals surface area contributed by atoms with Crippen LogP contribution in [0.1, 0.15) is 89.3 Å². The summed E-state index contributed by atoms with van der Waals surface area (Å²) in [4.78, 5) is 60.2. The highest BCUT2D eigenvalue weighted by atomic mass is 16.5. The predicted octanol–water partition coefficient (Wildman–Crippen LogP) is 9.60. The summed E-state index contributed by atoms with van der Waals surface area (Å²) in [5, 5.41) is 37.6. The Balaban J connectivity index is 0.000000179. The zero-order valence-corrected chi connectivity index (χ0v) is 47.9. The van der Waals surface area contributed by atoms with E-state index in [1.165, 1.54) is 49.8 Å². The zero-order chi connectivity index (χ0) is 60.9. The largest absolute Gasteiger partial charge is 0.496 e.